The first-order chi connectivity index (χ1) is 12.8. The highest BCUT2D eigenvalue weighted by Gasteiger charge is 2.17. The molecule has 0 heterocycles. The van der Waals surface area contributed by atoms with Crippen molar-refractivity contribution >= 4 is 48.6 Å². The molecule has 0 aromatic heterocycles. The van der Waals surface area contributed by atoms with Gasteiger partial charge in [-0.15, -0.1) is 0 Å². The predicted octanol–water partition coefficient (Wildman–Crippen LogP) is 3.53. The summed E-state index contributed by atoms with van der Waals surface area (Å²) in [5.74, 6) is -0.0666. The van der Waals surface area contributed by atoms with Crippen LogP contribution in [0.4, 0.5) is 5.69 Å². The van der Waals surface area contributed by atoms with E-state index in [1.165, 1.54) is 30.5 Å². The van der Waals surface area contributed by atoms with Gasteiger partial charge in [0, 0.05) is 22.2 Å². The van der Waals surface area contributed by atoms with Crippen LogP contribution in [0, 0.1) is 10.1 Å². The second kappa shape index (κ2) is 7.33. The van der Waals surface area contributed by atoms with Crippen molar-refractivity contribution in [3.8, 4) is 5.75 Å². The van der Waals surface area contributed by atoms with E-state index in [-0.39, 0.29) is 16.3 Å². The van der Waals surface area contributed by atoms with E-state index in [1.807, 2.05) is 10.9 Å². The van der Waals surface area contributed by atoms with Crippen molar-refractivity contribution in [2.45, 2.75) is 4.90 Å². The van der Waals surface area contributed by atoms with Crippen LogP contribution in [0.3, 0.4) is 0 Å². The van der Waals surface area contributed by atoms with E-state index in [0.717, 1.165) is 15.9 Å². The molecule has 0 amide bonds. The number of nitro groups is 1. The second-order valence-electron chi connectivity index (χ2n) is 5.47. The third-order valence-electron chi connectivity index (χ3n) is 3.71. The van der Waals surface area contributed by atoms with Crippen molar-refractivity contribution < 1.29 is 18.4 Å². The quantitative estimate of drug-likeness (QED) is 0.350. The number of rotatable bonds is 5. The average Bonchev–Trinajstić information content (AvgIpc) is 2.63. The SMILES string of the molecule is O=[N+]([O-])c1cccc(S(=O)(=O)N/N=C/c2c(O)ccc3cc(Br)ccc23)c1. The standard InChI is InChI=1S/C17H12BrN3O5S/c18-12-5-6-15-11(8-12)4-7-17(22)16(15)10-19-20-27(25,26)14-3-1-2-13(9-14)21(23)24/h1-10,20,22H/b19-10+. The van der Waals surface area contributed by atoms with Crippen LogP contribution in [-0.2, 0) is 10.0 Å². The van der Waals surface area contributed by atoms with Gasteiger partial charge in [-0.05, 0) is 35.0 Å². The first kappa shape index (κ1) is 18.8. The monoisotopic (exact) mass is 449 g/mol. The number of sulfonamides is 1. The molecule has 0 saturated heterocycles. The van der Waals surface area contributed by atoms with Gasteiger partial charge in [0.15, 0.2) is 0 Å². The summed E-state index contributed by atoms with van der Waals surface area (Å²) in [6.45, 7) is 0. The van der Waals surface area contributed by atoms with Gasteiger partial charge in [0.05, 0.1) is 16.0 Å². The van der Waals surface area contributed by atoms with Crippen LogP contribution in [0.25, 0.3) is 10.8 Å². The smallest absolute Gasteiger partial charge is 0.276 e. The molecule has 0 saturated carbocycles. The molecule has 2 N–H and O–H groups in total. The van der Waals surface area contributed by atoms with Gasteiger partial charge in [0.25, 0.3) is 15.7 Å². The summed E-state index contributed by atoms with van der Waals surface area (Å²) in [6.07, 6.45) is 1.18. The highest BCUT2D eigenvalue weighted by atomic mass is 79.9. The molecule has 3 aromatic carbocycles. The third kappa shape index (κ3) is 4.07. The Morgan fingerprint density at radius 1 is 1.15 bits per heavy atom. The molecule has 0 bridgehead atoms. The zero-order valence-corrected chi connectivity index (χ0v) is 15.9. The van der Waals surface area contributed by atoms with Crippen LogP contribution < -0.4 is 4.83 Å². The minimum absolute atomic E-state index is 0.0666. The Balaban J connectivity index is 1.91. The molecule has 0 atom stereocenters. The van der Waals surface area contributed by atoms with E-state index >= 15 is 0 Å². The Morgan fingerprint density at radius 3 is 2.67 bits per heavy atom. The molecule has 0 spiro atoms. The number of non-ortho nitro benzene ring substituents is 1. The topological polar surface area (TPSA) is 122 Å². The van der Waals surface area contributed by atoms with E-state index in [0.29, 0.717) is 10.9 Å². The number of benzene rings is 3. The van der Waals surface area contributed by atoms with Gasteiger partial charge in [-0.1, -0.05) is 34.1 Å². The molecule has 27 heavy (non-hydrogen) atoms. The Hall–Kier alpha value is -2.98. The number of hydrazone groups is 1. The van der Waals surface area contributed by atoms with Gasteiger partial charge in [-0.25, -0.2) is 4.83 Å². The van der Waals surface area contributed by atoms with Crippen LogP contribution in [0.15, 0.2) is 69.1 Å². The summed E-state index contributed by atoms with van der Waals surface area (Å²) in [5, 5.41) is 26.1. The lowest BCUT2D eigenvalue weighted by Gasteiger charge is -2.06. The Morgan fingerprint density at radius 2 is 1.93 bits per heavy atom. The number of phenols is 1. The molecule has 8 nitrogen and oxygen atoms in total. The number of phenolic OH excluding ortho intramolecular Hbond substituents is 1. The highest BCUT2D eigenvalue weighted by molar-refractivity contribution is 9.10. The van der Waals surface area contributed by atoms with Gasteiger partial charge < -0.3 is 5.11 Å². The van der Waals surface area contributed by atoms with Crippen LogP contribution in [0.1, 0.15) is 5.56 Å². The van der Waals surface area contributed by atoms with E-state index < -0.39 is 14.9 Å². The number of nitrogens with one attached hydrogen (secondary N) is 1. The molecule has 0 aliphatic carbocycles. The number of halogens is 1. The number of nitrogens with zero attached hydrogens (tertiary/aromatic N) is 2. The summed E-state index contributed by atoms with van der Waals surface area (Å²) in [5.41, 5.74) is -0.0131. The number of nitro benzene ring substituents is 1. The first-order valence-corrected chi connectivity index (χ1v) is 9.76. The molecule has 0 radical (unpaired) electrons. The van der Waals surface area contributed by atoms with Crippen molar-refractivity contribution in [2.24, 2.45) is 5.10 Å². The minimum Gasteiger partial charge on any atom is -0.507 e. The van der Waals surface area contributed by atoms with Gasteiger partial charge in [-0.2, -0.15) is 13.5 Å². The second-order valence-corrected chi connectivity index (χ2v) is 8.05. The summed E-state index contributed by atoms with van der Waals surface area (Å²) >= 11 is 3.36. The fraction of sp³-hybridized carbons (Fsp3) is 0. The van der Waals surface area contributed by atoms with Crippen LogP contribution in [0.2, 0.25) is 0 Å². The molecule has 0 unspecified atom stereocenters. The summed E-state index contributed by atoms with van der Waals surface area (Å²) in [4.78, 5) is 11.8. The molecule has 3 aromatic rings. The van der Waals surface area contributed by atoms with Crippen LogP contribution in [0.5, 0.6) is 5.75 Å². The molecular weight excluding hydrogens is 438 g/mol. The maximum atomic E-state index is 12.3. The zero-order chi connectivity index (χ0) is 19.6. The van der Waals surface area contributed by atoms with Gasteiger partial charge in [0.1, 0.15) is 5.75 Å². The fourth-order valence-corrected chi connectivity index (χ4v) is 3.64. The summed E-state index contributed by atoms with van der Waals surface area (Å²) in [7, 11) is -4.10. The number of hydrogen-bond donors (Lipinski definition) is 2. The van der Waals surface area contributed by atoms with Crippen molar-refractivity contribution in [3.05, 3.63) is 74.7 Å². The number of aromatic hydroxyl groups is 1. The molecular formula is C17H12BrN3O5S. The number of fused-ring (bicyclic) bond motifs is 1. The fourth-order valence-electron chi connectivity index (χ4n) is 2.43. The maximum Gasteiger partial charge on any atom is 0.276 e. The lowest BCUT2D eigenvalue weighted by atomic mass is 10.0. The highest BCUT2D eigenvalue weighted by Crippen LogP contribution is 2.28. The van der Waals surface area contributed by atoms with Crippen LogP contribution >= 0.6 is 15.9 Å². The van der Waals surface area contributed by atoms with Crippen molar-refractivity contribution in [1.29, 1.82) is 0 Å². The van der Waals surface area contributed by atoms with E-state index in [1.54, 1.807) is 18.2 Å². The van der Waals surface area contributed by atoms with Crippen LogP contribution in [-0.4, -0.2) is 24.7 Å². The molecule has 10 heteroatoms. The summed E-state index contributed by atoms with van der Waals surface area (Å²) in [6, 6.07) is 13.2. The van der Waals surface area contributed by atoms with Crippen molar-refractivity contribution in [3.63, 3.8) is 0 Å². The Kier molecular flexibility index (Phi) is 5.10. The molecule has 138 valence electrons. The lowest BCUT2D eigenvalue weighted by Crippen LogP contribution is -2.18. The zero-order valence-electron chi connectivity index (χ0n) is 13.5. The van der Waals surface area contributed by atoms with Gasteiger partial charge in [0.2, 0.25) is 0 Å². The van der Waals surface area contributed by atoms with E-state index in [4.69, 9.17) is 0 Å². The normalized spacial score (nSPS) is 11.7. The molecule has 0 fully saturated rings. The predicted molar refractivity (Wildman–Crippen MR) is 104 cm³/mol. The Bertz CT molecular complexity index is 1180. The summed E-state index contributed by atoms with van der Waals surface area (Å²) < 4.78 is 25.4. The van der Waals surface area contributed by atoms with E-state index in [9.17, 15) is 23.6 Å². The van der Waals surface area contributed by atoms with E-state index in [2.05, 4.69) is 21.0 Å². The Labute approximate surface area is 162 Å². The molecule has 0 aliphatic rings. The largest absolute Gasteiger partial charge is 0.507 e. The lowest BCUT2D eigenvalue weighted by molar-refractivity contribution is -0.385. The average molecular weight is 450 g/mol. The van der Waals surface area contributed by atoms with Crippen molar-refractivity contribution in [1.82, 2.24) is 4.83 Å². The van der Waals surface area contributed by atoms with Gasteiger partial charge >= 0.3 is 0 Å². The molecule has 3 rings (SSSR count). The first-order valence-electron chi connectivity index (χ1n) is 7.48. The number of hydrogen-bond acceptors (Lipinski definition) is 6. The molecule has 0 aliphatic heterocycles. The van der Waals surface area contributed by atoms with Gasteiger partial charge in [-0.3, -0.25) is 10.1 Å². The maximum absolute atomic E-state index is 12.3. The third-order valence-corrected chi connectivity index (χ3v) is 5.42. The minimum atomic E-state index is -4.10. The van der Waals surface area contributed by atoms with Crippen molar-refractivity contribution in [2.75, 3.05) is 0 Å².